The van der Waals surface area contributed by atoms with Crippen molar-refractivity contribution in [2.75, 3.05) is 52.4 Å². The molecule has 1 spiro atoms. The van der Waals surface area contributed by atoms with Crippen molar-refractivity contribution in [3.05, 3.63) is 0 Å². The zero-order chi connectivity index (χ0) is 21.0. The molecule has 30 heavy (non-hydrogen) atoms. The summed E-state index contributed by atoms with van der Waals surface area (Å²) >= 11 is 0. The van der Waals surface area contributed by atoms with Gasteiger partial charge in [-0.25, -0.2) is 0 Å². The van der Waals surface area contributed by atoms with E-state index in [0.29, 0.717) is 17.9 Å². The minimum absolute atomic E-state index is 0.0274. The second-order valence-corrected chi connectivity index (χ2v) is 11.0. The first kappa shape index (κ1) is 22.5. The molecule has 1 aliphatic carbocycles. The number of carbonyl (C=O) groups excluding carboxylic acids is 1. The number of ether oxygens (including phenoxy) is 1. The molecule has 0 aromatic carbocycles. The predicted molar refractivity (Wildman–Crippen MR) is 122 cm³/mol. The molecule has 1 atom stereocenters. The molecule has 172 valence electrons. The zero-order valence-corrected chi connectivity index (χ0v) is 19.6. The topological polar surface area (TPSA) is 36.0 Å². The molecule has 0 N–H and O–H groups in total. The molecule has 4 rings (SSSR count). The van der Waals surface area contributed by atoms with Crippen LogP contribution in [0.5, 0.6) is 0 Å². The van der Waals surface area contributed by atoms with Crippen molar-refractivity contribution < 1.29 is 9.53 Å². The maximum Gasteiger partial charge on any atom is 0.222 e. The molecule has 0 radical (unpaired) electrons. The third-order valence-corrected chi connectivity index (χ3v) is 8.23. The maximum atomic E-state index is 12.8. The van der Waals surface area contributed by atoms with Crippen molar-refractivity contribution in [1.29, 1.82) is 0 Å². The van der Waals surface area contributed by atoms with Crippen LogP contribution in [0.15, 0.2) is 0 Å². The fourth-order valence-corrected chi connectivity index (χ4v) is 6.42. The number of carbonyl (C=O) groups is 1. The smallest absolute Gasteiger partial charge is 0.222 e. The number of piperazine rings is 1. The molecule has 1 saturated carbocycles. The van der Waals surface area contributed by atoms with Crippen LogP contribution in [0, 0.1) is 11.8 Å². The number of rotatable bonds is 5. The first-order chi connectivity index (χ1) is 14.5. The quantitative estimate of drug-likeness (QED) is 0.680. The number of hydrogen-bond donors (Lipinski definition) is 0. The molecule has 3 heterocycles. The van der Waals surface area contributed by atoms with Gasteiger partial charge < -0.3 is 14.5 Å². The van der Waals surface area contributed by atoms with Gasteiger partial charge in [-0.2, -0.15) is 0 Å². The number of piperidine rings is 1. The minimum Gasteiger partial charge on any atom is -0.375 e. The number of amides is 1. The van der Waals surface area contributed by atoms with Gasteiger partial charge in [0, 0.05) is 64.9 Å². The molecule has 4 aliphatic rings. The van der Waals surface area contributed by atoms with Gasteiger partial charge in [0.1, 0.15) is 0 Å². The normalized spacial score (nSPS) is 29.6. The lowest BCUT2D eigenvalue weighted by Gasteiger charge is -2.50. The van der Waals surface area contributed by atoms with E-state index in [4.69, 9.17) is 4.74 Å². The van der Waals surface area contributed by atoms with Gasteiger partial charge in [0.25, 0.3) is 0 Å². The van der Waals surface area contributed by atoms with Crippen LogP contribution in [0.25, 0.3) is 0 Å². The number of likely N-dealkylation sites (tertiary alicyclic amines) is 1. The van der Waals surface area contributed by atoms with E-state index in [1.807, 2.05) is 0 Å². The van der Waals surface area contributed by atoms with Gasteiger partial charge in [-0.3, -0.25) is 9.69 Å². The van der Waals surface area contributed by atoms with Crippen molar-refractivity contribution in [1.82, 2.24) is 14.7 Å². The lowest BCUT2D eigenvalue weighted by molar-refractivity contribution is -0.151. The van der Waals surface area contributed by atoms with Crippen molar-refractivity contribution in [3.8, 4) is 0 Å². The second kappa shape index (κ2) is 10.3. The SMILES string of the molecule is CC(C)CN1CCN([C@@H]2CCOC3(CCN(C(=O)CC4CCCCC4)CC3)C2)CC1. The average Bonchev–Trinajstić information content (AvgIpc) is 2.75. The fourth-order valence-electron chi connectivity index (χ4n) is 6.42. The van der Waals surface area contributed by atoms with Crippen LogP contribution < -0.4 is 0 Å². The summed E-state index contributed by atoms with van der Waals surface area (Å²) in [6, 6.07) is 0.671. The van der Waals surface area contributed by atoms with Crippen LogP contribution in [-0.2, 0) is 9.53 Å². The van der Waals surface area contributed by atoms with Crippen LogP contribution >= 0.6 is 0 Å². The summed E-state index contributed by atoms with van der Waals surface area (Å²) in [6.07, 6.45) is 11.7. The molecule has 3 saturated heterocycles. The third kappa shape index (κ3) is 5.77. The highest BCUT2D eigenvalue weighted by Crippen LogP contribution is 2.37. The van der Waals surface area contributed by atoms with E-state index in [2.05, 4.69) is 28.5 Å². The number of nitrogens with zero attached hydrogens (tertiary/aromatic N) is 3. The van der Waals surface area contributed by atoms with Crippen LogP contribution in [0.1, 0.15) is 78.1 Å². The first-order valence-electron chi connectivity index (χ1n) is 12.9. The summed E-state index contributed by atoms with van der Waals surface area (Å²) in [7, 11) is 0. The third-order valence-electron chi connectivity index (χ3n) is 8.23. The van der Waals surface area contributed by atoms with Gasteiger partial charge in [0.2, 0.25) is 5.91 Å². The van der Waals surface area contributed by atoms with E-state index in [0.717, 1.165) is 44.9 Å². The van der Waals surface area contributed by atoms with Gasteiger partial charge in [-0.05, 0) is 50.4 Å². The average molecular weight is 420 g/mol. The Labute approximate surface area is 184 Å². The summed E-state index contributed by atoms with van der Waals surface area (Å²) in [4.78, 5) is 20.3. The van der Waals surface area contributed by atoms with E-state index in [1.54, 1.807) is 0 Å². The second-order valence-electron chi connectivity index (χ2n) is 11.0. The summed E-state index contributed by atoms with van der Waals surface area (Å²) in [5, 5.41) is 0. The molecule has 0 unspecified atom stereocenters. The molecule has 4 fully saturated rings. The van der Waals surface area contributed by atoms with Crippen molar-refractivity contribution in [2.45, 2.75) is 89.7 Å². The van der Waals surface area contributed by atoms with Gasteiger partial charge in [0.15, 0.2) is 0 Å². The minimum atomic E-state index is 0.0274. The van der Waals surface area contributed by atoms with Crippen molar-refractivity contribution in [2.24, 2.45) is 11.8 Å². The first-order valence-corrected chi connectivity index (χ1v) is 12.9. The molecule has 5 heteroatoms. The molecule has 5 nitrogen and oxygen atoms in total. The Kier molecular flexibility index (Phi) is 7.75. The zero-order valence-electron chi connectivity index (χ0n) is 19.6. The van der Waals surface area contributed by atoms with Gasteiger partial charge in [-0.1, -0.05) is 33.1 Å². The molecule has 3 aliphatic heterocycles. The van der Waals surface area contributed by atoms with Crippen molar-refractivity contribution in [3.63, 3.8) is 0 Å². The summed E-state index contributed by atoms with van der Waals surface area (Å²) in [5.41, 5.74) is 0.0274. The largest absolute Gasteiger partial charge is 0.375 e. The summed E-state index contributed by atoms with van der Waals surface area (Å²) in [5.74, 6) is 1.81. The Balaban J connectivity index is 1.23. The molecule has 0 aromatic rings. The molecular formula is C25H45N3O2. The highest BCUT2D eigenvalue weighted by atomic mass is 16.5. The fraction of sp³-hybridized carbons (Fsp3) is 0.960. The van der Waals surface area contributed by atoms with Crippen molar-refractivity contribution >= 4 is 5.91 Å². The Morgan fingerprint density at radius 3 is 2.33 bits per heavy atom. The Hall–Kier alpha value is -0.650. The monoisotopic (exact) mass is 419 g/mol. The Morgan fingerprint density at radius 1 is 0.967 bits per heavy atom. The van der Waals surface area contributed by atoms with Crippen LogP contribution in [0.3, 0.4) is 0 Å². The number of hydrogen-bond acceptors (Lipinski definition) is 4. The van der Waals surface area contributed by atoms with Crippen LogP contribution in [-0.4, -0.2) is 84.7 Å². The molecule has 0 bridgehead atoms. The molecule has 1 amide bonds. The molecule has 0 aromatic heterocycles. The van der Waals surface area contributed by atoms with E-state index in [-0.39, 0.29) is 5.60 Å². The molecular weight excluding hydrogens is 374 g/mol. The highest BCUT2D eigenvalue weighted by molar-refractivity contribution is 5.76. The van der Waals surface area contributed by atoms with Gasteiger partial charge in [-0.15, -0.1) is 0 Å². The highest BCUT2D eigenvalue weighted by Gasteiger charge is 2.43. The van der Waals surface area contributed by atoms with Gasteiger partial charge in [0.05, 0.1) is 5.60 Å². The maximum absolute atomic E-state index is 12.8. The lowest BCUT2D eigenvalue weighted by atomic mass is 9.81. The predicted octanol–water partition coefficient (Wildman–Crippen LogP) is 3.77. The lowest BCUT2D eigenvalue weighted by Crippen LogP contribution is -2.57. The van der Waals surface area contributed by atoms with E-state index in [9.17, 15) is 4.79 Å². The van der Waals surface area contributed by atoms with E-state index >= 15 is 0 Å². The summed E-state index contributed by atoms with van der Waals surface area (Å²) in [6.45, 7) is 13.4. The van der Waals surface area contributed by atoms with Gasteiger partial charge >= 0.3 is 0 Å². The van der Waals surface area contributed by atoms with E-state index < -0.39 is 0 Å². The van der Waals surface area contributed by atoms with E-state index in [1.165, 1.54) is 77.7 Å². The summed E-state index contributed by atoms with van der Waals surface area (Å²) < 4.78 is 6.40. The standard InChI is InChI=1S/C25H45N3O2/c1-21(2)20-26-13-15-27(16-14-26)23-8-17-30-25(19-23)9-11-28(12-10-25)24(29)18-22-6-4-3-5-7-22/h21-23H,3-20H2,1-2H3/t23-/m1/s1. The van der Waals surface area contributed by atoms with Crippen LogP contribution in [0.2, 0.25) is 0 Å². The Bertz CT molecular complexity index is 545. The van der Waals surface area contributed by atoms with Crippen LogP contribution in [0.4, 0.5) is 0 Å². The Morgan fingerprint density at radius 2 is 1.67 bits per heavy atom.